The van der Waals surface area contributed by atoms with Crippen molar-refractivity contribution in [1.82, 2.24) is 14.8 Å². The van der Waals surface area contributed by atoms with E-state index in [1.165, 1.54) is 12.8 Å². The monoisotopic (exact) mass is 365 g/mol. The molecule has 5 nitrogen and oxygen atoms in total. The number of likely N-dealkylation sites (tertiary alicyclic amines) is 1. The van der Waals surface area contributed by atoms with Crippen LogP contribution in [0.2, 0.25) is 0 Å². The average Bonchev–Trinajstić information content (AvgIpc) is 3.22. The van der Waals surface area contributed by atoms with Crippen LogP contribution in [0.3, 0.4) is 0 Å². The largest absolute Gasteiger partial charge is 0.373 e. The summed E-state index contributed by atoms with van der Waals surface area (Å²) in [5.41, 5.74) is 2.11. The molecule has 1 aromatic heterocycles. The summed E-state index contributed by atoms with van der Waals surface area (Å²) in [6.07, 6.45) is 6.42. The number of hydrogen-bond acceptors (Lipinski definition) is 4. The van der Waals surface area contributed by atoms with Crippen LogP contribution in [0.5, 0.6) is 0 Å². The Bertz CT molecular complexity index is 732. The van der Waals surface area contributed by atoms with Crippen LogP contribution < -0.4 is 0 Å². The highest BCUT2D eigenvalue weighted by molar-refractivity contribution is 5.79. The molecule has 142 valence electrons. The number of benzene rings is 1. The quantitative estimate of drug-likeness (QED) is 0.817. The first-order chi connectivity index (χ1) is 13.3. The number of hydrogen-bond donors (Lipinski definition) is 0. The van der Waals surface area contributed by atoms with Crippen molar-refractivity contribution in [1.29, 1.82) is 0 Å². The number of carbonyl (C=O) groups is 1. The molecule has 1 aromatic carbocycles. The molecule has 0 saturated carbocycles. The lowest BCUT2D eigenvalue weighted by Gasteiger charge is -2.43. The minimum atomic E-state index is -0.0373. The zero-order valence-corrected chi connectivity index (χ0v) is 15.7. The molecule has 2 aliphatic heterocycles. The van der Waals surface area contributed by atoms with Gasteiger partial charge in [0.15, 0.2) is 0 Å². The number of pyridine rings is 1. The normalized spacial score (nSPS) is 23.5. The Morgan fingerprint density at radius 3 is 2.63 bits per heavy atom. The minimum absolute atomic E-state index is 0.0112. The van der Waals surface area contributed by atoms with E-state index < -0.39 is 0 Å². The summed E-state index contributed by atoms with van der Waals surface area (Å²) in [5, 5.41) is 0. The van der Waals surface area contributed by atoms with Gasteiger partial charge in [-0.2, -0.15) is 0 Å². The fraction of sp³-hybridized carbons (Fsp3) is 0.455. The Balaban J connectivity index is 1.56. The minimum Gasteiger partial charge on any atom is -0.373 e. The summed E-state index contributed by atoms with van der Waals surface area (Å²) in [4.78, 5) is 21.8. The average molecular weight is 365 g/mol. The fourth-order valence-electron chi connectivity index (χ4n) is 4.21. The summed E-state index contributed by atoms with van der Waals surface area (Å²) in [6.45, 7) is 4.38. The molecule has 2 fully saturated rings. The van der Waals surface area contributed by atoms with E-state index in [9.17, 15) is 4.79 Å². The SMILES string of the molecule is O=C(Cc1cccnc1)N1CCO[C@@H](CN2CCCC2)[C@@H]1c1ccccc1. The van der Waals surface area contributed by atoms with E-state index >= 15 is 0 Å². The highest BCUT2D eigenvalue weighted by Crippen LogP contribution is 2.31. The maximum absolute atomic E-state index is 13.2. The van der Waals surface area contributed by atoms with Crippen LogP contribution in [0.25, 0.3) is 0 Å². The predicted molar refractivity (Wildman–Crippen MR) is 104 cm³/mol. The highest BCUT2D eigenvalue weighted by Gasteiger charge is 2.37. The molecule has 0 N–H and O–H groups in total. The summed E-state index contributed by atoms with van der Waals surface area (Å²) >= 11 is 0. The molecule has 0 aliphatic carbocycles. The number of amides is 1. The number of ether oxygens (including phenoxy) is 1. The molecule has 2 aliphatic rings. The van der Waals surface area contributed by atoms with Crippen LogP contribution in [0.4, 0.5) is 0 Å². The molecule has 27 heavy (non-hydrogen) atoms. The Hall–Kier alpha value is -2.24. The lowest BCUT2D eigenvalue weighted by molar-refractivity contribution is -0.147. The van der Waals surface area contributed by atoms with Gasteiger partial charge < -0.3 is 14.5 Å². The molecule has 2 atom stereocenters. The van der Waals surface area contributed by atoms with Crippen molar-refractivity contribution in [3.05, 3.63) is 66.0 Å². The predicted octanol–water partition coefficient (Wildman–Crippen LogP) is 2.69. The Kier molecular flexibility index (Phi) is 5.80. The van der Waals surface area contributed by atoms with E-state index in [4.69, 9.17) is 4.74 Å². The number of aromatic nitrogens is 1. The highest BCUT2D eigenvalue weighted by atomic mass is 16.5. The number of carbonyl (C=O) groups excluding carboxylic acids is 1. The standard InChI is InChI=1S/C22H27N3O2/c26-21(15-18-7-6-10-23-16-18)25-13-14-27-20(17-24-11-4-5-12-24)22(25)19-8-2-1-3-9-19/h1-3,6-10,16,20,22H,4-5,11-15,17H2/t20-,22-/m0/s1. The van der Waals surface area contributed by atoms with Gasteiger partial charge in [0.1, 0.15) is 0 Å². The summed E-state index contributed by atoms with van der Waals surface area (Å²) < 4.78 is 6.19. The van der Waals surface area contributed by atoms with E-state index in [1.54, 1.807) is 12.4 Å². The smallest absolute Gasteiger partial charge is 0.227 e. The summed E-state index contributed by atoms with van der Waals surface area (Å²) in [7, 11) is 0. The van der Waals surface area contributed by atoms with E-state index in [0.717, 1.165) is 30.8 Å². The second-order valence-corrected chi connectivity index (χ2v) is 7.40. The van der Waals surface area contributed by atoms with E-state index in [0.29, 0.717) is 19.6 Å². The Labute approximate surface area is 161 Å². The molecular weight excluding hydrogens is 338 g/mol. The lowest BCUT2D eigenvalue weighted by Crippen LogP contribution is -2.52. The van der Waals surface area contributed by atoms with Crippen molar-refractivity contribution in [3.8, 4) is 0 Å². The number of nitrogens with zero attached hydrogens (tertiary/aromatic N) is 3. The van der Waals surface area contributed by atoms with Crippen LogP contribution in [-0.4, -0.2) is 59.6 Å². The van der Waals surface area contributed by atoms with E-state index in [-0.39, 0.29) is 18.1 Å². The third-order valence-corrected chi connectivity index (χ3v) is 5.53. The van der Waals surface area contributed by atoms with Gasteiger partial charge in [-0.25, -0.2) is 0 Å². The van der Waals surface area contributed by atoms with Crippen molar-refractivity contribution in [2.24, 2.45) is 0 Å². The zero-order chi connectivity index (χ0) is 18.5. The second-order valence-electron chi connectivity index (χ2n) is 7.40. The molecule has 0 spiro atoms. The van der Waals surface area contributed by atoms with Crippen LogP contribution in [-0.2, 0) is 16.0 Å². The van der Waals surface area contributed by atoms with Gasteiger partial charge in [-0.15, -0.1) is 0 Å². The van der Waals surface area contributed by atoms with Crippen LogP contribution in [0.15, 0.2) is 54.9 Å². The van der Waals surface area contributed by atoms with Gasteiger partial charge in [0.25, 0.3) is 0 Å². The maximum Gasteiger partial charge on any atom is 0.227 e. The molecule has 3 heterocycles. The van der Waals surface area contributed by atoms with Gasteiger partial charge in [-0.05, 0) is 43.1 Å². The van der Waals surface area contributed by atoms with Crippen LogP contribution in [0.1, 0.15) is 30.0 Å². The third-order valence-electron chi connectivity index (χ3n) is 5.53. The lowest BCUT2D eigenvalue weighted by atomic mass is 9.96. The van der Waals surface area contributed by atoms with Gasteiger partial charge >= 0.3 is 0 Å². The molecule has 5 heteroatoms. The van der Waals surface area contributed by atoms with Crippen molar-refractivity contribution in [2.45, 2.75) is 31.4 Å². The molecule has 0 radical (unpaired) electrons. The topological polar surface area (TPSA) is 45.7 Å². The van der Waals surface area contributed by atoms with Crippen molar-refractivity contribution in [3.63, 3.8) is 0 Å². The first-order valence-electron chi connectivity index (χ1n) is 9.88. The van der Waals surface area contributed by atoms with Gasteiger partial charge in [-0.3, -0.25) is 9.78 Å². The van der Waals surface area contributed by atoms with E-state index in [1.807, 2.05) is 35.2 Å². The summed E-state index contributed by atoms with van der Waals surface area (Å²) in [6, 6.07) is 14.1. The molecule has 2 aromatic rings. The maximum atomic E-state index is 13.2. The van der Waals surface area contributed by atoms with Crippen molar-refractivity contribution in [2.75, 3.05) is 32.8 Å². The molecule has 2 saturated heterocycles. The molecule has 0 unspecified atom stereocenters. The molecule has 4 rings (SSSR count). The molecular formula is C22H27N3O2. The Morgan fingerprint density at radius 2 is 1.89 bits per heavy atom. The van der Waals surface area contributed by atoms with Crippen molar-refractivity contribution >= 4 is 5.91 Å². The first kappa shape index (κ1) is 18.1. The van der Waals surface area contributed by atoms with Crippen LogP contribution >= 0.6 is 0 Å². The van der Waals surface area contributed by atoms with Gasteiger partial charge in [0, 0.05) is 25.5 Å². The third kappa shape index (κ3) is 4.37. The van der Waals surface area contributed by atoms with Gasteiger partial charge in [0.2, 0.25) is 5.91 Å². The first-order valence-corrected chi connectivity index (χ1v) is 9.88. The Morgan fingerprint density at radius 1 is 1.07 bits per heavy atom. The van der Waals surface area contributed by atoms with Crippen molar-refractivity contribution < 1.29 is 9.53 Å². The zero-order valence-electron chi connectivity index (χ0n) is 15.7. The molecule has 0 bridgehead atoms. The molecule has 1 amide bonds. The summed E-state index contributed by atoms with van der Waals surface area (Å²) in [5.74, 6) is 0.145. The fourth-order valence-corrected chi connectivity index (χ4v) is 4.21. The van der Waals surface area contributed by atoms with Crippen LogP contribution in [0, 0.1) is 0 Å². The number of morpholine rings is 1. The van der Waals surface area contributed by atoms with Gasteiger partial charge in [-0.1, -0.05) is 36.4 Å². The van der Waals surface area contributed by atoms with Gasteiger partial charge in [0.05, 0.1) is 25.2 Å². The number of rotatable bonds is 5. The van der Waals surface area contributed by atoms with E-state index in [2.05, 4.69) is 22.0 Å². The second kappa shape index (κ2) is 8.63.